The van der Waals surface area contributed by atoms with E-state index in [4.69, 9.17) is 9.69 Å². The van der Waals surface area contributed by atoms with Gasteiger partial charge in [-0.15, -0.1) is 0 Å². The lowest BCUT2D eigenvalue weighted by molar-refractivity contribution is 0.0845. The van der Waals surface area contributed by atoms with Crippen LogP contribution in [0.5, 0.6) is 0 Å². The highest BCUT2D eigenvalue weighted by molar-refractivity contribution is 6.69. The Hall–Kier alpha value is -0.373. The minimum Gasteiger partial charge on any atom is -0.400 e. The first-order valence-corrected chi connectivity index (χ1v) is 8.20. The minimum atomic E-state index is -1.59. The third-order valence-corrected chi connectivity index (χ3v) is 3.12. The van der Waals surface area contributed by atoms with Gasteiger partial charge in [0.05, 0.1) is 6.07 Å². The maximum absolute atomic E-state index is 9.12. The number of nitrogens with zero attached hydrogens (tertiary/aromatic N) is 1. The van der Waals surface area contributed by atoms with Crippen molar-refractivity contribution in [1.29, 1.82) is 5.26 Å². The third kappa shape index (κ3) is 3.11. The average molecular weight is 198 g/mol. The van der Waals surface area contributed by atoms with Crippen LogP contribution in [0.1, 0.15) is 12.8 Å². The molecule has 3 nitrogen and oxygen atoms in total. The first kappa shape index (κ1) is 10.7. The van der Waals surface area contributed by atoms with Crippen LogP contribution in [-0.4, -0.2) is 27.0 Å². The summed E-state index contributed by atoms with van der Waals surface area (Å²) in [5.41, 5.74) is -0.490. The van der Waals surface area contributed by atoms with Crippen LogP contribution in [0.4, 0.5) is 0 Å². The van der Waals surface area contributed by atoms with Crippen LogP contribution in [0.2, 0.25) is 19.6 Å². The van der Waals surface area contributed by atoms with Gasteiger partial charge in [-0.1, -0.05) is 0 Å². The molecule has 1 aliphatic rings. The van der Waals surface area contributed by atoms with Crippen LogP contribution >= 0.6 is 0 Å². The minimum absolute atomic E-state index is 0.490. The van der Waals surface area contributed by atoms with E-state index >= 15 is 0 Å². The van der Waals surface area contributed by atoms with Gasteiger partial charge in [-0.25, -0.2) is 0 Å². The molecule has 0 unspecified atom stereocenters. The number of hydrogen-bond acceptors (Lipinski definition) is 3. The highest BCUT2D eigenvalue weighted by atomic mass is 28.4. The van der Waals surface area contributed by atoms with Gasteiger partial charge in [0.1, 0.15) is 5.60 Å². The van der Waals surface area contributed by atoms with Gasteiger partial charge in [-0.3, -0.25) is 0 Å². The second-order valence-electron chi connectivity index (χ2n) is 4.57. The summed E-state index contributed by atoms with van der Waals surface area (Å²) in [6.45, 7) is 8.20. The van der Waals surface area contributed by atoms with Gasteiger partial charge >= 0.3 is 0 Å². The highest BCUT2D eigenvalue weighted by Crippen LogP contribution is 2.26. The molecular formula is C9H18N2OSi. The second kappa shape index (κ2) is 3.78. The molecule has 0 aromatic carbocycles. The standard InChI is InChI=1S/C9H18N2OSi/c1-13(2,3)12-9(8-10)4-6-11-7-5-9/h11H,4-7H2,1-3H3. The smallest absolute Gasteiger partial charge is 0.185 e. The van der Waals surface area contributed by atoms with Crippen molar-refractivity contribution >= 4 is 8.32 Å². The number of hydrogen-bond donors (Lipinski definition) is 1. The Bertz CT molecular complexity index is 211. The summed E-state index contributed by atoms with van der Waals surface area (Å²) >= 11 is 0. The van der Waals surface area contributed by atoms with Crippen molar-refractivity contribution in [3.63, 3.8) is 0 Å². The molecular weight excluding hydrogens is 180 g/mol. The summed E-state index contributed by atoms with van der Waals surface area (Å²) in [5, 5.41) is 12.4. The van der Waals surface area contributed by atoms with E-state index in [2.05, 4.69) is 31.0 Å². The summed E-state index contributed by atoms with van der Waals surface area (Å²) in [7, 11) is -1.59. The van der Waals surface area contributed by atoms with E-state index in [0.717, 1.165) is 25.9 Å². The monoisotopic (exact) mass is 198 g/mol. The molecule has 0 spiro atoms. The lowest BCUT2D eigenvalue weighted by atomic mass is 9.95. The van der Waals surface area contributed by atoms with Gasteiger partial charge in [0.2, 0.25) is 0 Å². The molecule has 0 radical (unpaired) electrons. The van der Waals surface area contributed by atoms with Crippen LogP contribution in [0.25, 0.3) is 0 Å². The Balaban J connectivity index is 2.65. The molecule has 1 heterocycles. The third-order valence-electron chi connectivity index (χ3n) is 2.12. The van der Waals surface area contributed by atoms with E-state index in [1.165, 1.54) is 0 Å². The molecule has 74 valence electrons. The molecule has 1 fully saturated rings. The Labute approximate surface area is 81.2 Å². The van der Waals surface area contributed by atoms with Crippen LogP contribution in [0, 0.1) is 11.3 Å². The molecule has 0 aromatic heterocycles. The normalized spacial score (nSPS) is 22.3. The molecule has 0 bridgehead atoms. The maximum Gasteiger partial charge on any atom is 0.185 e. The Morgan fingerprint density at radius 2 is 1.85 bits per heavy atom. The lowest BCUT2D eigenvalue weighted by Gasteiger charge is -2.36. The molecule has 1 aliphatic heterocycles. The van der Waals surface area contributed by atoms with Gasteiger partial charge in [0.25, 0.3) is 0 Å². The molecule has 1 saturated heterocycles. The lowest BCUT2D eigenvalue weighted by Crippen LogP contribution is -2.48. The number of nitriles is 1. The molecule has 13 heavy (non-hydrogen) atoms. The molecule has 0 saturated carbocycles. The van der Waals surface area contributed by atoms with E-state index in [0.29, 0.717) is 0 Å². The molecule has 0 atom stereocenters. The van der Waals surface area contributed by atoms with Crippen molar-refractivity contribution in [3.05, 3.63) is 0 Å². The predicted octanol–water partition coefficient (Wildman–Crippen LogP) is 1.48. The zero-order valence-electron chi connectivity index (χ0n) is 8.68. The van der Waals surface area contributed by atoms with E-state index in [9.17, 15) is 0 Å². The number of rotatable bonds is 2. The van der Waals surface area contributed by atoms with Crippen molar-refractivity contribution in [3.8, 4) is 6.07 Å². The highest BCUT2D eigenvalue weighted by Gasteiger charge is 2.37. The summed E-state index contributed by atoms with van der Waals surface area (Å²) in [6.07, 6.45) is 1.65. The summed E-state index contributed by atoms with van der Waals surface area (Å²) in [4.78, 5) is 0. The van der Waals surface area contributed by atoms with Crippen LogP contribution < -0.4 is 5.32 Å². The zero-order chi connectivity index (χ0) is 9.95. The predicted molar refractivity (Wildman–Crippen MR) is 54.9 cm³/mol. The first-order chi connectivity index (χ1) is 5.97. The summed E-state index contributed by atoms with van der Waals surface area (Å²) in [6, 6.07) is 2.35. The summed E-state index contributed by atoms with van der Waals surface area (Å²) < 4.78 is 5.95. The van der Waals surface area contributed by atoms with E-state index in [1.54, 1.807) is 0 Å². The van der Waals surface area contributed by atoms with Crippen LogP contribution in [0.15, 0.2) is 0 Å². The quantitative estimate of drug-likeness (QED) is 0.684. The van der Waals surface area contributed by atoms with Crippen molar-refractivity contribution in [1.82, 2.24) is 5.32 Å². The fourth-order valence-electron chi connectivity index (χ4n) is 1.65. The second-order valence-corrected chi connectivity index (χ2v) is 9.00. The topological polar surface area (TPSA) is 45.0 Å². The number of nitrogens with one attached hydrogen (secondary N) is 1. The van der Waals surface area contributed by atoms with Crippen molar-refractivity contribution in [2.24, 2.45) is 0 Å². The average Bonchev–Trinajstić information content (AvgIpc) is 2.03. The van der Waals surface area contributed by atoms with Crippen molar-refractivity contribution in [2.45, 2.75) is 38.1 Å². The Morgan fingerprint density at radius 1 is 1.31 bits per heavy atom. The maximum atomic E-state index is 9.12. The van der Waals surface area contributed by atoms with Gasteiger partial charge in [0.15, 0.2) is 8.32 Å². The van der Waals surface area contributed by atoms with Gasteiger partial charge in [-0.05, 0) is 32.7 Å². The number of piperidine rings is 1. The van der Waals surface area contributed by atoms with Crippen molar-refractivity contribution < 1.29 is 4.43 Å². The molecule has 1 rings (SSSR count). The largest absolute Gasteiger partial charge is 0.400 e. The van der Waals surface area contributed by atoms with Gasteiger partial charge < -0.3 is 9.74 Å². The first-order valence-electron chi connectivity index (χ1n) is 4.80. The summed E-state index contributed by atoms with van der Waals surface area (Å²) in [5.74, 6) is 0. The molecule has 0 aromatic rings. The molecule has 0 aliphatic carbocycles. The van der Waals surface area contributed by atoms with Gasteiger partial charge in [-0.2, -0.15) is 5.26 Å². The fourth-order valence-corrected chi connectivity index (χ4v) is 3.08. The fraction of sp³-hybridized carbons (Fsp3) is 0.889. The van der Waals surface area contributed by atoms with Crippen LogP contribution in [-0.2, 0) is 4.43 Å². The SMILES string of the molecule is C[Si](C)(C)OC1(C#N)CCNCC1. The van der Waals surface area contributed by atoms with E-state index in [1.807, 2.05) is 0 Å². The van der Waals surface area contributed by atoms with E-state index in [-0.39, 0.29) is 0 Å². The van der Waals surface area contributed by atoms with Gasteiger partial charge in [0, 0.05) is 12.8 Å². The Kier molecular flexibility index (Phi) is 3.12. The van der Waals surface area contributed by atoms with Crippen molar-refractivity contribution in [2.75, 3.05) is 13.1 Å². The molecule has 4 heteroatoms. The molecule has 0 amide bonds. The van der Waals surface area contributed by atoms with Crippen LogP contribution in [0.3, 0.4) is 0 Å². The zero-order valence-corrected chi connectivity index (χ0v) is 9.68. The molecule has 1 N–H and O–H groups in total. The van der Waals surface area contributed by atoms with E-state index < -0.39 is 13.9 Å². The Morgan fingerprint density at radius 3 is 2.23 bits per heavy atom.